The topological polar surface area (TPSA) is 40.6 Å². The van der Waals surface area contributed by atoms with Gasteiger partial charge in [0.1, 0.15) is 0 Å². The summed E-state index contributed by atoms with van der Waals surface area (Å²) < 4.78 is 0. The van der Waals surface area contributed by atoms with Crippen molar-refractivity contribution in [1.29, 1.82) is 0 Å². The highest BCUT2D eigenvalue weighted by atomic mass is 16.2. The molecule has 1 atom stereocenters. The number of carbonyl (C=O) groups excluding carboxylic acids is 2. The first-order valence-corrected chi connectivity index (χ1v) is 7.71. The van der Waals surface area contributed by atoms with E-state index in [0.717, 1.165) is 45.4 Å². The molecule has 19 heavy (non-hydrogen) atoms. The monoisotopic (exact) mass is 266 g/mol. The predicted molar refractivity (Wildman–Crippen MR) is 74.6 cm³/mol. The highest BCUT2D eigenvalue weighted by Gasteiger charge is 2.33. The number of piperidine rings is 1. The highest BCUT2D eigenvalue weighted by Crippen LogP contribution is 2.32. The van der Waals surface area contributed by atoms with Crippen LogP contribution >= 0.6 is 0 Å². The molecule has 0 spiro atoms. The lowest BCUT2D eigenvalue weighted by Crippen LogP contribution is -2.40. The van der Waals surface area contributed by atoms with Gasteiger partial charge in [-0.1, -0.05) is 13.8 Å². The van der Waals surface area contributed by atoms with E-state index in [1.807, 2.05) is 23.6 Å². The van der Waals surface area contributed by atoms with E-state index in [2.05, 4.69) is 0 Å². The summed E-state index contributed by atoms with van der Waals surface area (Å²) in [6, 6.07) is 0. The van der Waals surface area contributed by atoms with Crippen LogP contribution < -0.4 is 0 Å². The third-order valence-corrected chi connectivity index (χ3v) is 4.74. The molecule has 2 fully saturated rings. The van der Waals surface area contributed by atoms with Crippen molar-refractivity contribution in [3.05, 3.63) is 0 Å². The Kier molecular flexibility index (Phi) is 4.83. The maximum atomic E-state index is 11.7. The SMILES string of the molecule is CCC(=O)N1CCC(C2CCN(C(=O)CC)C2)CC1. The number of nitrogens with zero attached hydrogens (tertiary/aromatic N) is 2. The normalized spacial score (nSPS) is 24.8. The Morgan fingerprint density at radius 2 is 1.32 bits per heavy atom. The summed E-state index contributed by atoms with van der Waals surface area (Å²) in [5.74, 6) is 1.94. The van der Waals surface area contributed by atoms with Crippen molar-refractivity contribution in [3.8, 4) is 0 Å². The minimum absolute atomic E-state index is 0.285. The average Bonchev–Trinajstić information content (AvgIpc) is 2.95. The largest absolute Gasteiger partial charge is 0.343 e. The summed E-state index contributed by atoms with van der Waals surface area (Å²) in [5, 5.41) is 0. The molecule has 0 aromatic carbocycles. The first kappa shape index (κ1) is 14.4. The number of rotatable bonds is 3. The fraction of sp³-hybridized carbons (Fsp3) is 0.867. The quantitative estimate of drug-likeness (QED) is 0.782. The molecule has 1 unspecified atom stereocenters. The van der Waals surface area contributed by atoms with Gasteiger partial charge in [-0.3, -0.25) is 9.59 Å². The van der Waals surface area contributed by atoms with Crippen LogP contribution in [0.2, 0.25) is 0 Å². The molecule has 4 nitrogen and oxygen atoms in total. The van der Waals surface area contributed by atoms with E-state index in [1.165, 1.54) is 0 Å². The number of carbonyl (C=O) groups is 2. The van der Waals surface area contributed by atoms with Crippen molar-refractivity contribution in [2.45, 2.75) is 46.0 Å². The van der Waals surface area contributed by atoms with Crippen molar-refractivity contribution in [3.63, 3.8) is 0 Å². The molecular weight excluding hydrogens is 240 g/mol. The fourth-order valence-electron chi connectivity index (χ4n) is 3.47. The van der Waals surface area contributed by atoms with E-state index >= 15 is 0 Å². The van der Waals surface area contributed by atoms with Gasteiger partial charge < -0.3 is 9.80 Å². The van der Waals surface area contributed by atoms with Gasteiger partial charge in [-0.2, -0.15) is 0 Å². The smallest absolute Gasteiger partial charge is 0.222 e. The molecule has 2 heterocycles. The Bertz CT molecular complexity index is 335. The van der Waals surface area contributed by atoms with E-state index in [1.54, 1.807) is 0 Å². The molecule has 4 heteroatoms. The fourth-order valence-corrected chi connectivity index (χ4v) is 3.47. The molecule has 2 amide bonds. The third kappa shape index (κ3) is 3.28. The molecule has 2 rings (SSSR count). The lowest BCUT2D eigenvalue weighted by molar-refractivity contribution is -0.132. The lowest BCUT2D eigenvalue weighted by atomic mass is 9.83. The Morgan fingerprint density at radius 1 is 0.842 bits per heavy atom. The van der Waals surface area contributed by atoms with Crippen molar-refractivity contribution in [2.24, 2.45) is 11.8 Å². The van der Waals surface area contributed by atoms with Crippen LogP contribution in [0.3, 0.4) is 0 Å². The molecular formula is C15H26N2O2. The first-order valence-electron chi connectivity index (χ1n) is 7.71. The van der Waals surface area contributed by atoms with Crippen LogP contribution in [0.1, 0.15) is 46.0 Å². The van der Waals surface area contributed by atoms with Crippen LogP contribution in [0, 0.1) is 11.8 Å². The summed E-state index contributed by atoms with van der Waals surface area (Å²) in [5.41, 5.74) is 0. The maximum absolute atomic E-state index is 11.7. The molecule has 0 radical (unpaired) electrons. The molecule has 108 valence electrons. The van der Waals surface area contributed by atoms with Crippen LogP contribution in [0.5, 0.6) is 0 Å². The van der Waals surface area contributed by atoms with Crippen molar-refractivity contribution in [1.82, 2.24) is 9.80 Å². The summed E-state index contributed by atoms with van der Waals surface area (Å²) >= 11 is 0. The zero-order chi connectivity index (χ0) is 13.8. The van der Waals surface area contributed by atoms with Gasteiger partial charge in [-0.05, 0) is 31.1 Å². The van der Waals surface area contributed by atoms with Crippen molar-refractivity contribution < 1.29 is 9.59 Å². The minimum Gasteiger partial charge on any atom is -0.343 e. The van der Waals surface area contributed by atoms with Crippen molar-refractivity contribution >= 4 is 11.8 Å². The van der Waals surface area contributed by atoms with Crippen LogP contribution in [0.25, 0.3) is 0 Å². The molecule has 0 aromatic rings. The van der Waals surface area contributed by atoms with E-state index in [9.17, 15) is 9.59 Å². The zero-order valence-electron chi connectivity index (χ0n) is 12.2. The van der Waals surface area contributed by atoms with Crippen molar-refractivity contribution in [2.75, 3.05) is 26.2 Å². The van der Waals surface area contributed by atoms with E-state index < -0.39 is 0 Å². The van der Waals surface area contributed by atoms with Gasteiger partial charge in [0.2, 0.25) is 11.8 Å². The number of likely N-dealkylation sites (tertiary alicyclic amines) is 2. The second-order valence-corrected chi connectivity index (χ2v) is 5.81. The van der Waals surface area contributed by atoms with E-state index in [0.29, 0.717) is 30.6 Å². The lowest BCUT2D eigenvalue weighted by Gasteiger charge is -2.34. The summed E-state index contributed by atoms with van der Waals surface area (Å²) in [7, 11) is 0. The second-order valence-electron chi connectivity index (χ2n) is 5.81. The molecule has 0 aliphatic carbocycles. The van der Waals surface area contributed by atoms with Gasteiger partial charge in [0.15, 0.2) is 0 Å². The summed E-state index contributed by atoms with van der Waals surface area (Å²) in [6.07, 6.45) is 4.62. The number of amides is 2. The van der Waals surface area contributed by atoms with Gasteiger partial charge in [-0.15, -0.1) is 0 Å². The molecule has 0 saturated carbocycles. The zero-order valence-corrected chi connectivity index (χ0v) is 12.2. The minimum atomic E-state index is 0.285. The Balaban J connectivity index is 1.80. The Hall–Kier alpha value is -1.06. The first-order chi connectivity index (χ1) is 9.15. The van der Waals surface area contributed by atoms with Gasteiger partial charge in [0.05, 0.1) is 0 Å². The van der Waals surface area contributed by atoms with E-state index in [-0.39, 0.29) is 5.91 Å². The van der Waals surface area contributed by atoms with Crippen LogP contribution in [-0.2, 0) is 9.59 Å². The maximum Gasteiger partial charge on any atom is 0.222 e. The van der Waals surface area contributed by atoms with Gasteiger partial charge in [-0.25, -0.2) is 0 Å². The van der Waals surface area contributed by atoms with Gasteiger partial charge in [0.25, 0.3) is 0 Å². The number of hydrogen-bond acceptors (Lipinski definition) is 2. The Morgan fingerprint density at radius 3 is 1.89 bits per heavy atom. The average molecular weight is 266 g/mol. The van der Waals surface area contributed by atoms with Gasteiger partial charge in [0, 0.05) is 39.0 Å². The van der Waals surface area contributed by atoms with Crippen LogP contribution in [0.15, 0.2) is 0 Å². The highest BCUT2D eigenvalue weighted by molar-refractivity contribution is 5.76. The summed E-state index contributed by atoms with van der Waals surface area (Å²) in [6.45, 7) is 7.57. The molecule has 2 aliphatic rings. The predicted octanol–water partition coefficient (Wildman–Crippen LogP) is 1.89. The molecule has 0 aromatic heterocycles. The van der Waals surface area contributed by atoms with Crippen LogP contribution in [0.4, 0.5) is 0 Å². The molecule has 2 saturated heterocycles. The molecule has 0 N–H and O–H groups in total. The molecule has 2 aliphatic heterocycles. The molecule has 0 bridgehead atoms. The second kappa shape index (κ2) is 6.40. The van der Waals surface area contributed by atoms with Crippen LogP contribution in [-0.4, -0.2) is 47.8 Å². The third-order valence-electron chi connectivity index (χ3n) is 4.74. The van der Waals surface area contributed by atoms with E-state index in [4.69, 9.17) is 0 Å². The number of hydrogen-bond donors (Lipinski definition) is 0. The van der Waals surface area contributed by atoms with Gasteiger partial charge >= 0.3 is 0 Å². The standard InChI is InChI=1S/C15H26N2O2/c1-3-14(18)16-8-5-12(6-9-16)13-7-10-17(11-13)15(19)4-2/h12-13H,3-11H2,1-2H3. The Labute approximate surface area is 116 Å². The summed E-state index contributed by atoms with van der Waals surface area (Å²) in [4.78, 5) is 27.4.